The molecule has 1 aromatic heterocycles. The van der Waals surface area contributed by atoms with Gasteiger partial charge in [-0.1, -0.05) is 39.8 Å². The summed E-state index contributed by atoms with van der Waals surface area (Å²) in [4.78, 5) is 5.12. The predicted molar refractivity (Wildman–Crippen MR) is 132 cm³/mol. The highest BCUT2D eigenvalue weighted by Crippen LogP contribution is 2.47. The molecule has 1 heterocycles. The van der Waals surface area contributed by atoms with Gasteiger partial charge in [-0.05, 0) is 85.3 Å². The molecule has 0 amide bonds. The van der Waals surface area contributed by atoms with Crippen molar-refractivity contribution in [2.45, 2.75) is 102 Å². The van der Waals surface area contributed by atoms with Crippen LogP contribution in [0.4, 0.5) is 0 Å². The Labute approximate surface area is 192 Å². The second-order valence-electron chi connectivity index (χ2n) is 11.3. The summed E-state index contributed by atoms with van der Waals surface area (Å²) in [5.74, 6) is 1.37. The number of thiazole rings is 1. The number of benzene rings is 1. The van der Waals surface area contributed by atoms with Gasteiger partial charge in [-0.25, -0.2) is 4.98 Å². The van der Waals surface area contributed by atoms with Gasteiger partial charge in [-0.15, -0.1) is 11.3 Å². The van der Waals surface area contributed by atoms with Crippen LogP contribution in [0, 0.1) is 5.92 Å². The number of hydrogen-bond acceptors (Lipinski definition) is 4. The average Bonchev–Trinajstić information content (AvgIpc) is 3.26. The Morgan fingerprint density at radius 1 is 1.06 bits per heavy atom. The van der Waals surface area contributed by atoms with Gasteiger partial charge in [0.2, 0.25) is 0 Å². The molecular weight excluding hydrogens is 400 g/mol. The van der Waals surface area contributed by atoms with E-state index in [9.17, 15) is 0 Å². The summed E-state index contributed by atoms with van der Waals surface area (Å²) in [7, 11) is 0. The Morgan fingerprint density at radius 2 is 1.74 bits per heavy atom. The molecule has 31 heavy (non-hydrogen) atoms. The number of hydrogen-bond donors (Lipinski definition) is 2. The van der Waals surface area contributed by atoms with E-state index in [0.717, 1.165) is 24.5 Å². The van der Waals surface area contributed by atoms with E-state index in [2.05, 4.69) is 51.3 Å². The van der Waals surface area contributed by atoms with E-state index in [4.69, 9.17) is 15.8 Å². The van der Waals surface area contributed by atoms with E-state index in [-0.39, 0.29) is 23.5 Å². The van der Waals surface area contributed by atoms with Crippen LogP contribution < -0.4 is 5.73 Å². The van der Waals surface area contributed by atoms with Gasteiger partial charge >= 0.3 is 0 Å². The van der Waals surface area contributed by atoms with E-state index in [1.807, 2.05) is 11.3 Å². The van der Waals surface area contributed by atoms with Gasteiger partial charge in [0.05, 0.1) is 17.3 Å². The van der Waals surface area contributed by atoms with Crippen LogP contribution in [0.5, 0.6) is 0 Å². The molecule has 4 heteroatoms. The van der Waals surface area contributed by atoms with Crippen molar-refractivity contribution in [1.29, 1.82) is 0 Å². The smallest absolute Gasteiger partial charge is 0.0963 e. The van der Waals surface area contributed by atoms with Crippen LogP contribution in [0.25, 0.3) is 11.3 Å². The molecule has 170 valence electrons. The van der Waals surface area contributed by atoms with Crippen LogP contribution in [-0.2, 0) is 10.8 Å². The molecule has 0 saturated heterocycles. The molecule has 1 saturated carbocycles. The molecule has 3 N–H and O–H groups in total. The maximum absolute atomic E-state index is 9.14. The normalized spacial score (nSPS) is 25.7. The van der Waals surface area contributed by atoms with Crippen LogP contribution in [0.3, 0.4) is 0 Å². The van der Waals surface area contributed by atoms with E-state index >= 15 is 0 Å². The minimum absolute atomic E-state index is 0.0496. The number of nitrogens with zero attached hydrogens (tertiary/aromatic N) is 1. The molecule has 4 rings (SSSR count). The monoisotopic (exact) mass is 440 g/mol. The molecule has 0 unspecified atom stereocenters. The Balaban J connectivity index is 1.45. The summed E-state index contributed by atoms with van der Waals surface area (Å²) in [5.41, 5.74) is 11.8. The number of fused-ring (bicyclic) bond motifs is 1. The topological polar surface area (TPSA) is 59.1 Å². The summed E-state index contributed by atoms with van der Waals surface area (Å²) in [6.07, 6.45) is 9.58. The zero-order chi connectivity index (χ0) is 22.2. The highest BCUT2D eigenvalue weighted by atomic mass is 32.1. The van der Waals surface area contributed by atoms with Crippen molar-refractivity contribution in [3.8, 4) is 11.3 Å². The summed E-state index contributed by atoms with van der Waals surface area (Å²) < 4.78 is 0. The van der Waals surface area contributed by atoms with Crippen LogP contribution in [-0.4, -0.2) is 22.7 Å². The molecule has 1 atom stereocenters. The molecular formula is C27H40N2OS. The fraction of sp³-hybridized carbons (Fsp3) is 0.667. The van der Waals surface area contributed by atoms with Gasteiger partial charge in [0.15, 0.2) is 0 Å². The largest absolute Gasteiger partial charge is 0.395 e. The van der Waals surface area contributed by atoms with Crippen LogP contribution in [0.15, 0.2) is 23.6 Å². The Kier molecular flexibility index (Phi) is 6.63. The lowest BCUT2D eigenvalue weighted by Crippen LogP contribution is -2.33. The van der Waals surface area contributed by atoms with Gasteiger partial charge in [0, 0.05) is 22.9 Å². The lowest BCUT2D eigenvalue weighted by molar-refractivity contribution is 0.239. The lowest BCUT2D eigenvalue weighted by atomic mass is 9.63. The standard InChI is InChI=1S/C27H40N2OS/c1-26(2)13-14-27(3,4)23-15-20(10-12-22(23)26)24-17-31-25(29-24)19-8-5-18(6-9-19)7-11-21(28)16-30/h10,12,15,17-19,21,30H,5-9,11,13-14,16,28H2,1-4H3/t18?,19?,21-/m0/s1. The zero-order valence-electron chi connectivity index (χ0n) is 19.8. The van der Waals surface area contributed by atoms with E-state index in [1.165, 1.54) is 60.2 Å². The SMILES string of the molecule is CC1(C)CCC(C)(C)c2cc(-c3csc(C4CCC(CC[C@H](N)CO)CC4)n3)ccc21. The summed E-state index contributed by atoms with van der Waals surface area (Å²) in [6, 6.07) is 7.04. The minimum Gasteiger partial charge on any atom is -0.395 e. The first-order valence-corrected chi connectivity index (χ1v) is 13.0. The Hall–Kier alpha value is -1.23. The van der Waals surface area contributed by atoms with Crippen LogP contribution >= 0.6 is 11.3 Å². The summed E-state index contributed by atoms with van der Waals surface area (Å²) in [6.45, 7) is 9.66. The van der Waals surface area contributed by atoms with Gasteiger partial charge < -0.3 is 10.8 Å². The third kappa shape index (κ3) is 4.91. The summed E-state index contributed by atoms with van der Waals surface area (Å²) in [5, 5.41) is 12.7. The number of aliphatic hydroxyl groups is 1. The fourth-order valence-electron chi connectivity index (χ4n) is 5.59. The molecule has 1 aromatic carbocycles. The highest BCUT2D eigenvalue weighted by molar-refractivity contribution is 7.10. The van der Waals surface area contributed by atoms with Crippen molar-refractivity contribution in [3.63, 3.8) is 0 Å². The van der Waals surface area contributed by atoms with E-state index < -0.39 is 0 Å². The van der Waals surface area contributed by atoms with Crippen molar-refractivity contribution in [2.24, 2.45) is 11.7 Å². The predicted octanol–water partition coefficient (Wildman–Crippen LogP) is 6.53. The molecule has 3 nitrogen and oxygen atoms in total. The molecule has 1 fully saturated rings. The lowest BCUT2D eigenvalue weighted by Gasteiger charge is -2.42. The maximum Gasteiger partial charge on any atom is 0.0963 e. The van der Waals surface area contributed by atoms with E-state index in [0.29, 0.717) is 5.92 Å². The fourth-order valence-corrected chi connectivity index (χ4v) is 6.60. The third-order valence-corrected chi connectivity index (χ3v) is 9.05. The van der Waals surface area contributed by atoms with Crippen LogP contribution in [0.1, 0.15) is 101 Å². The first-order valence-electron chi connectivity index (χ1n) is 12.2. The minimum atomic E-state index is -0.0496. The third-order valence-electron chi connectivity index (χ3n) is 8.05. The van der Waals surface area contributed by atoms with Crippen molar-refractivity contribution in [3.05, 3.63) is 39.7 Å². The first kappa shape index (κ1) is 22.9. The molecule has 2 aliphatic rings. The number of nitrogens with two attached hydrogens (primary N) is 1. The maximum atomic E-state index is 9.14. The molecule has 2 aliphatic carbocycles. The van der Waals surface area contributed by atoms with Gasteiger partial charge in [0.1, 0.15) is 0 Å². The van der Waals surface area contributed by atoms with E-state index in [1.54, 1.807) is 0 Å². The Morgan fingerprint density at radius 3 is 2.42 bits per heavy atom. The second-order valence-corrected chi connectivity index (χ2v) is 12.2. The van der Waals surface area contributed by atoms with Gasteiger partial charge in [0.25, 0.3) is 0 Å². The zero-order valence-corrected chi connectivity index (χ0v) is 20.6. The average molecular weight is 441 g/mol. The van der Waals surface area contributed by atoms with Crippen molar-refractivity contribution >= 4 is 11.3 Å². The number of aromatic nitrogens is 1. The summed E-state index contributed by atoms with van der Waals surface area (Å²) >= 11 is 1.85. The number of rotatable bonds is 6. The van der Waals surface area contributed by atoms with Crippen molar-refractivity contribution < 1.29 is 5.11 Å². The van der Waals surface area contributed by atoms with Gasteiger partial charge in [-0.2, -0.15) is 0 Å². The second kappa shape index (κ2) is 8.96. The number of aliphatic hydroxyl groups excluding tert-OH is 1. The van der Waals surface area contributed by atoms with Gasteiger partial charge in [-0.3, -0.25) is 0 Å². The molecule has 0 bridgehead atoms. The van der Waals surface area contributed by atoms with Crippen molar-refractivity contribution in [2.75, 3.05) is 6.61 Å². The molecule has 0 radical (unpaired) electrons. The Bertz CT molecular complexity index is 892. The molecule has 0 aliphatic heterocycles. The highest BCUT2D eigenvalue weighted by Gasteiger charge is 2.37. The quantitative estimate of drug-likeness (QED) is 0.536. The first-order chi connectivity index (χ1) is 14.7. The molecule has 0 spiro atoms. The van der Waals surface area contributed by atoms with Crippen molar-refractivity contribution in [1.82, 2.24) is 4.98 Å². The van der Waals surface area contributed by atoms with Crippen LogP contribution in [0.2, 0.25) is 0 Å². The molecule has 2 aromatic rings.